The maximum absolute atomic E-state index is 12.9. The van der Waals surface area contributed by atoms with Gasteiger partial charge in [0, 0.05) is 38.8 Å². The van der Waals surface area contributed by atoms with Gasteiger partial charge in [-0.1, -0.05) is 20.8 Å². The number of hydrogen-bond donors (Lipinski definition) is 0. The quantitative estimate of drug-likeness (QED) is 0.808. The highest BCUT2D eigenvalue weighted by molar-refractivity contribution is 7.89. The Kier molecular flexibility index (Phi) is 5.78. The summed E-state index contributed by atoms with van der Waals surface area (Å²) in [4.78, 5) is 2.51. The van der Waals surface area contributed by atoms with Gasteiger partial charge < -0.3 is 14.4 Å². The Bertz CT molecular complexity index is 660. The number of sulfonamides is 1. The molecule has 1 saturated heterocycles. The molecule has 1 aliphatic heterocycles. The molecule has 2 rings (SSSR count). The first-order valence-electron chi connectivity index (χ1n) is 8.12. The Labute approximate surface area is 145 Å². The number of nitrogens with zero attached hydrogens (tertiary/aromatic N) is 2. The van der Waals surface area contributed by atoms with Crippen LogP contribution < -0.4 is 9.47 Å². The summed E-state index contributed by atoms with van der Waals surface area (Å²) in [5, 5.41) is 0. The molecule has 1 heterocycles. The molecule has 0 unspecified atom stereocenters. The van der Waals surface area contributed by atoms with Crippen molar-refractivity contribution < 1.29 is 17.9 Å². The molecule has 0 amide bonds. The zero-order chi connectivity index (χ0) is 18.0. The number of ether oxygens (including phenoxy) is 2. The van der Waals surface area contributed by atoms with E-state index in [4.69, 9.17) is 9.47 Å². The van der Waals surface area contributed by atoms with E-state index in [1.807, 2.05) is 0 Å². The predicted molar refractivity (Wildman–Crippen MR) is 94.2 cm³/mol. The third kappa shape index (κ3) is 4.40. The van der Waals surface area contributed by atoms with Crippen LogP contribution in [0.2, 0.25) is 0 Å². The Morgan fingerprint density at radius 3 is 2.17 bits per heavy atom. The molecule has 1 aliphatic rings. The minimum Gasteiger partial charge on any atom is -0.497 e. The van der Waals surface area contributed by atoms with Crippen LogP contribution in [0.4, 0.5) is 0 Å². The molecule has 0 spiro atoms. The zero-order valence-electron chi connectivity index (χ0n) is 15.2. The number of piperazine rings is 1. The second-order valence-electron chi connectivity index (χ2n) is 7.26. The molecule has 0 atom stereocenters. The summed E-state index contributed by atoms with van der Waals surface area (Å²) in [6.07, 6.45) is 0. The summed E-state index contributed by atoms with van der Waals surface area (Å²) in [6, 6.07) is 4.79. The highest BCUT2D eigenvalue weighted by atomic mass is 32.2. The van der Waals surface area contributed by atoms with Gasteiger partial charge in [-0.3, -0.25) is 0 Å². The fraction of sp³-hybridized carbons (Fsp3) is 0.647. The van der Waals surface area contributed by atoms with Crippen molar-refractivity contribution in [1.29, 1.82) is 0 Å². The van der Waals surface area contributed by atoms with E-state index in [9.17, 15) is 8.42 Å². The van der Waals surface area contributed by atoms with Crippen LogP contribution in [0.3, 0.4) is 0 Å². The van der Waals surface area contributed by atoms with Crippen molar-refractivity contribution in [3.05, 3.63) is 18.2 Å². The molecule has 0 radical (unpaired) electrons. The lowest BCUT2D eigenvalue weighted by Crippen LogP contribution is -2.50. The highest BCUT2D eigenvalue weighted by Crippen LogP contribution is 2.31. The smallest absolute Gasteiger partial charge is 0.246 e. The molecule has 6 nitrogen and oxygen atoms in total. The average Bonchev–Trinajstić information content (AvgIpc) is 2.53. The van der Waals surface area contributed by atoms with Gasteiger partial charge in [0.25, 0.3) is 0 Å². The van der Waals surface area contributed by atoms with Crippen molar-refractivity contribution in [3.63, 3.8) is 0 Å². The monoisotopic (exact) mass is 356 g/mol. The summed E-state index contributed by atoms with van der Waals surface area (Å²) in [6.45, 7) is 10.0. The molecule has 7 heteroatoms. The molecule has 0 N–H and O–H groups in total. The summed E-state index contributed by atoms with van der Waals surface area (Å²) < 4.78 is 37.8. The van der Waals surface area contributed by atoms with Crippen LogP contribution in [0.1, 0.15) is 20.8 Å². The standard InChI is InChI=1S/C17H28N2O4S/c1-17(2,3)13-18-8-10-19(11-9-18)24(20,21)16-7-6-14(22-4)12-15(16)23-5/h6-7,12H,8-11,13H2,1-5H3. The third-order valence-corrected chi connectivity index (χ3v) is 5.96. The van der Waals surface area contributed by atoms with E-state index in [1.54, 1.807) is 18.2 Å². The first kappa shape index (κ1) is 19.0. The van der Waals surface area contributed by atoms with E-state index in [-0.39, 0.29) is 10.3 Å². The SMILES string of the molecule is COc1ccc(S(=O)(=O)N2CCN(CC(C)(C)C)CC2)c(OC)c1. The van der Waals surface area contributed by atoms with Crippen molar-refractivity contribution in [1.82, 2.24) is 9.21 Å². The van der Waals surface area contributed by atoms with Gasteiger partial charge in [0.2, 0.25) is 10.0 Å². The molecule has 1 aromatic carbocycles. The first-order chi connectivity index (χ1) is 11.2. The fourth-order valence-electron chi connectivity index (χ4n) is 2.93. The van der Waals surface area contributed by atoms with Gasteiger partial charge >= 0.3 is 0 Å². The van der Waals surface area contributed by atoms with E-state index < -0.39 is 10.0 Å². The van der Waals surface area contributed by atoms with Crippen molar-refractivity contribution >= 4 is 10.0 Å². The fourth-order valence-corrected chi connectivity index (χ4v) is 4.48. The zero-order valence-corrected chi connectivity index (χ0v) is 16.0. The van der Waals surface area contributed by atoms with Crippen LogP contribution in [0.25, 0.3) is 0 Å². The number of rotatable bonds is 5. The number of benzene rings is 1. The van der Waals surface area contributed by atoms with Crippen LogP contribution in [0, 0.1) is 5.41 Å². The minimum atomic E-state index is -3.57. The van der Waals surface area contributed by atoms with E-state index in [0.29, 0.717) is 24.6 Å². The Morgan fingerprint density at radius 2 is 1.67 bits per heavy atom. The second kappa shape index (κ2) is 7.29. The van der Waals surface area contributed by atoms with Crippen molar-refractivity contribution in [3.8, 4) is 11.5 Å². The summed E-state index contributed by atoms with van der Waals surface area (Å²) >= 11 is 0. The summed E-state index contributed by atoms with van der Waals surface area (Å²) in [5.41, 5.74) is 0.209. The maximum atomic E-state index is 12.9. The van der Waals surface area contributed by atoms with E-state index in [2.05, 4.69) is 25.7 Å². The van der Waals surface area contributed by atoms with Gasteiger partial charge in [-0.25, -0.2) is 8.42 Å². The van der Waals surface area contributed by atoms with Crippen LogP contribution in [0.5, 0.6) is 11.5 Å². The molecule has 24 heavy (non-hydrogen) atoms. The summed E-state index contributed by atoms with van der Waals surface area (Å²) in [7, 11) is -0.564. The van der Waals surface area contributed by atoms with Gasteiger partial charge in [0.15, 0.2) is 0 Å². The van der Waals surface area contributed by atoms with Crippen LogP contribution in [-0.4, -0.2) is 64.6 Å². The molecule has 0 bridgehead atoms. The van der Waals surface area contributed by atoms with Crippen LogP contribution in [0.15, 0.2) is 23.1 Å². The second-order valence-corrected chi connectivity index (χ2v) is 9.16. The average molecular weight is 356 g/mol. The van der Waals surface area contributed by atoms with Gasteiger partial charge in [-0.05, 0) is 17.5 Å². The van der Waals surface area contributed by atoms with E-state index in [0.717, 1.165) is 19.6 Å². The minimum absolute atomic E-state index is 0.190. The molecule has 0 aromatic heterocycles. The predicted octanol–water partition coefficient (Wildman–Crippen LogP) is 2.06. The van der Waals surface area contributed by atoms with E-state index >= 15 is 0 Å². The molecule has 136 valence electrons. The largest absolute Gasteiger partial charge is 0.497 e. The lowest BCUT2D eigenvalue weighted by Gasteiger charge is -2.37. The van der Waals surface area contributed by atoms with Gasteiger partial charge in [-0.2, -0.15) is 4.31 Å². The molecule has 1 fully saturated rings. The lowest BCUT2D eigenvalue weighted by molar-refractivity contribution is 0.141. The van der Waals surface area contributed by atoms with Crippen LogP contribution in [-0.2, 0) is 10.0 Å². The Morgan fingerprint density at radius 1 is 1.04 bits per heavy atom. The molecule has 1 aromatic rings. The number of methoxy groups -OCH3 is 2. The highest BCUT2D eigenvalue weighted by Gasteiger charge is 2.31. The Balaban J connectivity index is 2.15. The third-order valence-electron chi connectivity index (χ3n) is 4.02. The van der Waals surface area contributed by atoms with Crippen molar-refractivity contribution in [2.24, 2.45) is 5.41 Å². The van der Waals surface area contributed by atoms with Gasteiger partial charge in [0.05, 0.1) is 14.2 Å². The Hall–Kier alpha value is -1.31. The number of hydrogen-bond acceptors (Lipinski definition) is 5. The summed E-state index contributed by atoms with van der Waals surface area (Å²) in [5.74, 6) is 0.882. The molecule has 0 saturated carbocycles. The molecular weight excluding hydrogens is 328 g/mol. The van der Waals surface area contributed by atoms with Crippen molar-refractivity contribution in [2.45, 2.75) is 25.7 Å². The van der Waals surface area contributed by atoms with Gasteiger partial charge in [0.1, 0.15) is 16.4 Å². The topological polar surface area (TPSA) is 59.1 Å². The molecule has 0 aliphatic carbocycles. The van der Waals surface area contributed by atoms with Crippen LogP contribution >= 0.6 is 0 Å². The molecular formula is C17H28N2O4S. The van der Waals surface area contributed by atoms with Crippen molar-refractivity contribution in [2.75, 3.05) is 46.9 Å². The van der Waals surface area contributed by atoms with E-state index in [1.165, 1.54) is 18.5 Å². The van der Waals surface area contributed by atoms with Gasteiger partial charge in [-0.15, -0.1) is 0 Å². The maximum Gasteiger partial charge on any atom is 0.246 e. The first-order valence-corrected chi connectivity index (χ1v) is 9.56. The lowest BCUT2D eigenvalue weighted by atomic mass is 9.96. The normalized spacial score (nSPS) is 17.7.